The first kappa shape index (κ1) is 14.0. The molecule has 0 spiro atoms. The Morgan fingerprint density at radius 2 is 2.32 bits per heavy atom. The molecule has 2 rings (SSSR count). The molecule has 2 heterocycles. The lowest BCUT2D eigenvalue weighted by molar-refractivity contribution is 0.237. The predicted molar refractivity (Wildman–Crippen MR) is 76.6 cm³/mol. The van der Waals surface area contributed by atoms with Crippen molar-refractivity contribution in [1.82, 2.24) is 10.6 Å². The van der Waals surface area contributed by atoms with E-state index in [2.05, 4.69) is 10.6 Å². The molecule has 2 N–H and O–H groups in total. The highest BCUT2D eigenvalue weighted by Gasteiger charge is 2.09. The Balaban J connectivity index is 1.71. The van der Waals surface area contributed by atoms with Crippen LogP contribution in [0.1, 0.15) is 17.6 Å². The highest BCUT2D eigenvalue weighted by molar-refractivity contribution is 7.16. The SMILES string of the molecule is CC(Cc1ccco1)NC(=O)NCc1ccc(Cl)s1. The summed E-state index contributed by atoms with van der Waals surface area (Å²) in [5.74, 6) is 0.859. The first-order valence-electron chi connectivity index (χ1n) is 5.94. The van der Waals surface area contributed by atoms with E-state index in [-0.39, 0.29) is 12.1 Å². The average molecular weight is 299 g/mol. The molecule has 1 unspecified atom stereocenters. The van der Waals surface area contributed by atoms with Gasteiger partial charge in [-0.25, -0.2) is 4.79 Å². The number of halogens is 1. The Kier molecular flexibility index (Phi) is 4.87. The van der Waals surface area contributed by atoms with E-state index in [1.807, 2.05) is 31.2 Å². The predicted octanol–water partition coefficient (Wildman–Crippen LogP) is 3.42. The van der Waals surface area contributed by atoms with Crippen LogP contribution in [-0.4, -0.2) is 12.1 Å². The smallest absolute Gasteiger partial charge is 0.315 e. The molecule has 0 saturated heterocycles. The van der Waals surface area contributed by atoms with Gasteiger partial charge in [0.05, 0.1) is 17.1 Å². The summed E-state index contributed by atoms with van der Waals surface area (Å²) in [4.78, 5) is 12.7. The molecule has 0 aromatic carbocycles. The zero-order valence-corrected chi connectivity index (χ0v) is 12.1. The number of amides is 2. The molecule has 0 aliphatic heterocycles. The van der Waals surface area contributed by atoms with Gasteiger partial charge in [0.15, 0.2) is 0 Å². The van der Waals surface area contributed by atoms with Crippen molar-refractivity contribution in [3.05, 3.63) is 45.5 Å². The van der Waals surface area contributed by atoms with E-state index in [9.17, 15) is 4.79 Å². The second-order valence-electron chi connectivity index (χ2n) is 4.22. The molecule has 0 saturated carbocycles. The highest BCUT2D eigenvalue weighted by atomic mass is 35.5. The zero-order chi connectivity index (χ0) is 13.7. The molecule has 6 heteroatoms. The molecule has 0 fully saturated rings. The number of nitrogens with one attached hydrogen (secondary N) is 2. The monoisotopic (exact) mass is 298 g/mol. The lowest BCUT2D eigenvalue weighted by atomic mass is 10.2. The molecule has 0 radical (unpaired) electrons. The van der Waals surface area contributed by atoms with Crippen molar-refractivity contribution in [1.29, 1.82) is 0 Å². The molecule has 0 aliphatic rings. The lowest BCUT2D eigenvalue weighted by Gasteiger charge is -2.13. The zero-order valence-electron chi connectivity index (χ0n) is 10.5. The Labute approximate surface area is 120 Å². The van der Waals surface area contributed by atoms with Crippen LogP contribution in [0.4, 0.5) is 4.79 Å². The standard InChI is InChI=1S/C13H15ClN2O2S/c1-9(7-10-3-2-6-18-10)16-13(17)15-8-11-4-5-12(14)19-11/h2-6,9H,7-8H2,1H3,(H2,15,16,17). The number of carbonyl (C=O) groups excluding carboxylic acids is 1. The molecule has 2 aromatic rings. The molecule has 1 atom stereocenters. The molecule has 2 aromatic heterocycles. The highest BCUT2D eigenvalue weighted by Crippen LogP contribution is 2.20. The van der Waals surface area contributed by atoms with Gasteiger partial charge in [-0.15, -0.1) is 11.3 Å². The number of rotatable bonds is 5. The summed E-state index contributed by atoms with van der Waals surface area (Å²) in [5, 5.41) is 5.65. The maximum atomic E-state index is 11.7. The van der Waals surface area contributed by atoms with Gasteiger partial charge in [-0.3, -0.25) is 0 Å². The topological polar surface area (TPSA) is 54.3 Å². The van der Waals surface area contributed by atoms with Crippen molar-refractivity contribution < 1.29 is 9.21 Å². The van der Waals surface area contributed by atoms with Crippen molar-refractivity contribution >= 4 is 29.0 Å². The number of furan rings is 1. The van der Waals surface area contributed by atoms with Crippen LogP contribution in [0.25, 0.3) is 0 Å². The lowest BCUT2D eigenvalue weighted by Crippen LogP contribution is -2.41. The van der Waals surface area contributed by atoms with Gasteiger partial charge in [-0.1, -0.05) is 11.6 Å². The van der Waals surface area contributed by atoms with E-state index in [4.69, 9.17) is 16.0 Å². The average Bonchev–Trinajstić information content (AvgIpc) is 2.98. The maximum Gasteiger partial charge on any atom is 0.315 e. The Hall–Kier alpha value is -1.46. The fourth-order valence-corrected chi connectivity index (χ4v) is 2.70. The Morgan fingerprint density at radius 1 is 1.47 bits per heavy atom. The molecule has 2 amide bonds. The Bertz CT molecular complexity index is 524. The van der Waals surface area contributed by atoms with E-state index < -0.39 is 0 Å². The van der Waals surface area contributed by atoms with Crippen LogP contribution in [0.15, 0.2) is 34.9 Å². The number of hydrogen-bond acceptors (Lipinski definition) is 3. The number of thiophene rings is 1. The quantitative estimate of drug-likeness (QED) is 0.888. The number of hydrogen-bond donors (Lipinski definition) is 2. The second kappa shape index (κ2) is 6.63. The minimum atomic E-state index is -0.191. The number of urea groups is 1. The molecular formula is C13H15ClN2O2S. The van der Waals surface area contributed by atoms with Gasteiger partial charge in [-0.2, -0.15) is 0 Å². The van der Waals surface area contributed by atoms with E-state index in [0.29, 0.717) is 13.0 Å². The van der Waals surface area contributed by atoms with Gasteiger partial charge in [0.2, 0.25) is 0 Å². The molecule has 0 aliphatic carbocycles. The van der Waals surface area contributed by atoms with Crippen LogP contribution >= 0.6 is 22.9 Å². The summed E-state index contributed by atoms with van der Waals surface area (Å²) in [6, 6.07) is 7.27. The van der Waals surface area contributed by atoms with Crippen molar-refractivity contribution in [2.75, 3.05) is 0 Å². The fraction of sp³-hybridized carbons (Fsp3) is 0.308. The van der Waals surface area contributed by atoms with Gasteiger partial charge >= 0.3 is 6.03 Å². The summed E-state index contributed by atoms with van der Waals surface area (Å²) in [6.45, 7) is 2.42. The summed E-state index contributed by atoms with van der Waals surface area (Å²) in [5.41, 5.74) is 0. The summed E-state index contributed by atoms with van der Waals surface area (Å²) in [6.07, 6.45) is 2.30. The van der Waals surface area contributed by atoms with Gasteiger partial charge in [0.25, 0.3) is 0 Å². The largest absolute Gasteiger partial charge is 0.469 e. The van der Waals surface area contributed by atoms with E-state index in [1.54, 1.807) is 6.26 Å². The third kappa shape index (κ3) is 4.61. The van der Waals surface area contributed by atoms with Crippen molar-refractivity contribution in [2.24, 2.45) is 0 Å². The maximum absolute atomic E-state index is 11.7. The van der Waals surface area contributed by atoms with Crippen LogP contribution in [0.3, 0.4) is 0 Å². The molecule has 0 bridgehead atoms. The molecule has 4 nitrogen and oxygen atoms in total. The van der Waals surface area contributed by atoms with Gasteiger partial charge in [0.1, 0.15) is 5.76 Å². The normalized spacial score (nSPS) is 12.1. The van der Waals surface area contributed by atoms with E-state index >= 15 is 0 Å². The summed E-state index contributed by atoms with van der Waals surface area (Å²) in [7, 11) is 0. The Morgan fingerprint density at radius 3 is 2.95 bits per heavy atom. The van der Waals surface area contributed by atoms with Crippen LogP contribution < -0.4 is 10.6 Å². The van der Waals surface area contributed by atoms with Crippen LogP contribution in [0.5, 0.6) is 0 Å². The first-order valence-corrected chi connectivity index (χ1v) is 7.14. The van der Waals surface area contributed by atoms with Crippen LogP contribution in [0.2, 0.25) is 4.34 Å². The first-order chi connectivity index (χ1) is 9.13. The van der Waals surface area contributed by atoms with Crippen molar-refractivity contribution in [3.63, 3.8) is 0 Å². The van der Waals surface area contributed by atoms with Crippen LogP contribution in [-0.2, 0) is 13.0 Å². The van der Waals surface area contributed by atoms with Crippen molar-refractivity contribution in [3.8, 4) is 0 Å². The van der Waals surface area contributed by atoms with Gasteiger partial charge in [0, 0.05) is 17.3 Å². The summed E-state index contributed by atoms with van der Waals surface area (Å²) >= 11 is 7.28. The van der Waals surface area contributed by atoms with E-state index in [1.165, 1.54) is 11.3 Å². The third-order valence-electron chi connectivity index (χ3n) is 2.52. The second-order valence-corrected chi connectivity index (χ2v) is 6.02. The molecular weight excluding hydrogens is 284 g/mol. The molecule has 19 heavy (non-hydrogen) atoms. The fourth-order valence-electron chi connectivity index (χ4n) is 1.67. The minimum Gasteiger partial charge on any atom is -0.469 e. The molecule has 102 valence electrons. The summed E-state index contributed by atoms with van der Waals surface area (Å²) < 4.78 is 5.96. The minimum absolute atomic E-state index is 0.0121. The van der Waals surface area contributed by atoms with Gasteiger partial charge in [-0.05, 0) is 31.2 Å². The number of carbonyl (C=O) groups is 1. The van der Waals surface area contributed by atoms with Crippen molar-refractivity contribution in [2.45, 2.75) is 25.9 Å². The third-order valence-corrected chi connectivity index (χ3v) is 3.75. The van der Waals surface area contributed by atoms with Gasteiger partial charge < -0.3 is 15.1 Å². The van der Waals surface area contributed by atoms with E-state index in [0.717, 1.165) is 15.0 Å². The van der Waals surface area contributed by atoms with Crippen LogP contribution in [0, 0.1) is 0 Å².